The van der Waals surface area contributed by atoms with E-state index in [4.69, 9.17) is 0 Å². The Morgan fingerprint density at radius 2 is 0.812 bits per heavy atom. The third kappa shape index (κ3) is 5.01. The molecule has 0 bridgehead atoms. The fourth-order valence-corrected chi connectivity index (χ4v) is 7.62. The van der Waals surface area contributed by atoms with Crippen molar-refractivity contribution in [1.82, 2.24) is 0 Å². The normalized spacial score (nSPS) is 11.9. The second-order valence-electron chi connectivity index (χ2n) is 12.9. The monoisotopic (exact) mass is 614 g/mol. The van der Waals surface area contributed by atoms with Gasteiger partial charge in [0.15, 0.2) is 0 Å². The van der Waals surface area contributed by atoms with Crippen LogP contribution >= 0.6 is 0 Å². The molecule has 228 valence electrons. The number of aliphatic hydroxyl groups is 1. The van der Waals surface area contributed by atoms with Crippen LogP contribution in [0.25, 0.3) is 77.2 Å². The van der Waals surface area contributed by atoms with Crippen molar-refractivity contribution < 1.29 is 5.11 Å². The first-order valence-corrected chi connectivity index (χ1v) is 16.8. The van der Waals surface area contributed by atoms with Crippen LogP contribution in [0.2, 0.25) is 0 Å². The maximum atomic E-state index is 10.2. The minimum atomic E-state index is 0.129. The topological polar surface area (TPSA) is 20.2 Å². The molecule has 1 N–H and O–H groups in total. The number of hydrogen-bond acceptors (Lipinski definition) is 1. The first-order chi connectivity index (χ1) is 23.7. The van der Waals surface area contributed by atoms with E-state index in [1.54, 1.807) is 0 Å². The van der Waals surface area contributed by atoms with Crippen molar-refractivity contribution in [3.8, 4) is 55.6 Å². The molecule has 0 radical (unpaired) electrons. The number of rotatable bonds is 6. The molecule has 0 amide bonds. The number of aliphatic hydroxyl groups excluding tert-OH is 1. The van der Waals surface area contributed by atoms with Gasteiger partial charge in [-0.15, -0.1) is 0 Å². The molecule has 0 atom stereocenters. The van der Waals surface area contributed by atoms with E-state index in [1.807, 2.05) is 0 Å². The highest BCUT2D eigenvalue weighted by molar-refractivity contribution is 5.90. The molecule has 0 heterocycles. The van der Waals surface area contributed by atoms with E-state index in [-0.39, 0.29) is 6.61 Å². The number of benzene rings is 8. The van der Waals surface area contributed by atoms with E-state index >= 15 is 0 Å². The van der Waals surface area contributed by atoms with Crippen LogP contribution in [0.3, 0.4) is 0 Å². The van der Waals surface area contributed by atoms with Crippen LogP contribution in [0, 0.1) is 0 Å². The molecule has 0 aromatic heterocycles. The van der Waals surface area contributed by atoms with Gasteiger partial charge in [0.2, 0.25) is 0 Å². The van der Waals surface area contributed by atoms with Crippen molar-refractivity contribution >= 4 is 21.5 Å². The van der Waals surface area contributed by atoms with Gasteiger partial charge in [0.1, 0.15) is 0 Å². The summed E-state index contributed by atoms with van der Waals surface area (Å²) in [6, 6.07) is 59.7. The van der Waals surface area contributed by atoms with Gasteiger partial charge in [-0.25, -0.2) is 0 Å². The molecule has 0 saturated carbocycles. The summed E-state index contributed by atoms with van der Waals surface area (Å²) in [4.78, 5) is 0. The minimum Gasteiger partial charge on any atom is -0.396 e. The first kappa shape index (κ1) is 28.5. The molecule has 0 saturated heterocycles. The Hall–Kier alpha value is -5.76. The second kappa shape index (κ2) is 11.8. The lowest BCUT2D eigenvalue weighted by molar-refractivity contribution is 0.299. The van der Waals surface area contributed by atoms with Crippen LogP contribution in [0.1, 0.15) is 16.7 Å². The van der Waals surface area contributed by atoms with Crippen molar-refractivity contribution in [3.05, 3.63) is 180 Å². The van der Waals surface area contributed by atoms with Gasteiger partial charge in [-0.05, 0) is 119 Å². The lowest BCUT2D eigenvalue weighted by atomic mass is 9.89. The molecule has 0 spiro atoms. The van der Waals surface area contributed by atoms with Crippen LogP contribution in [0.5, 0.6) is 0 Å². The van der Waals surface area contributed by atoms with E-state index in [0.717, 1.165) is 6.42 Å². The fraction of sp³-hybridized carbons (Fsp3) is 0.0638. The predicted molar refractivity (Wildman–Crippen MR) is 202 cm³/mol. The lowest BCUT2D eigenvalue weighted by Gasteiger charge is -2.15. The molecule has 8 aromatic carbocycles. The van der Waals surface area contributed by atoms with Gasteiger partial charge < -0.3 is 5.11 Å². The molecular formula is C47H34O. The smallest absolute Gasteiger partial charge is 0.0471 e. The van der Waals surface area contributed by atoms with Crippen molar-refractivity contribution in [2.45, 2.75) is 12.8 Å². The van der Waals surface area contributed by atoms with Gasteiger partial charge in [-0.2, -0.15) is 0 Å². The Morgan fingerprint density at radius 1 is 0.375 bits per heavy atom. The summed E-state index contributed by atoms with van der Waals surface area (Å²) < 4.78 is 0. The summed E-state index contributed by atoms with van der Waals surface area (Å²) in [6.45, 7) is 0.129. The SMILES string of the molecule is OCCc1c(-c2ccc(-c3ccc4ccccc4c3)cc2)ccc2c1Cc1cc(-c3ccc(-c4ccc5ccccc5c4)cc3)ccc1-2. The molecule has 48 heavy (non-hydrogen) atoms. The largest absolute Gasteiger partial charge is 0.396 e. The first-order valence-electron chi connectivity index (χ1n) is 16.8. The molecule has 1 aliphatic carbocycles. The molecule has 0 fully saturated rings. The molecule has 1 nitrogen and oxygen atoms in total. The van der Waals surface area contributed by atoms with E-state index in [1.165, 1.54) is 93.9 Å². The second-order valence-corrected chi connectivity index (χ2v) is 12.9. The van der Waals surface area contributed by atoms with Gasteiger partial charge in [0, 0.05) is 6.61 Å². The maximum Gasteiger partial charge on any atom is 0.0471 e. The fourth-order valence-electron chi connectivity index (χ4n) is 7.62. The lowest BCUT2D eigenvalue weighted by Crippen LogP contribution is -2.00. The highest BCUT2D eigenvalue weighted by atomic mass is 16.2. The van der Waals surface area contributed by atoms with Crippen LogP contribution in [0.15, 0.2) is 164 Å². The number of hydrogen-bond donors (Lipinski definition) is 1. The summed E-state index contributed by atoms with van der Waals surface area (Å²) in [5.74, 6) is 0. The van der Waals surface area contributed by atoms with Gasteiger partial charge in [-0.3, -0.25) is 0 Å². The summed E-state index contributed by atoms with van der Waals surface area (Å²) in [5.41, 5.74) is 16.3. The average Bonchev–Trinajstić information content (AvgIpc) is 3.53. The zero-order valence-corrected chi connectivity index (χ0v) is 26.7. The third-order valence-corrected chi connectivity index (χ3v) is 10.1. The Balaban J connectivity index is 1.00. The Kier molecular flexibility index (Phi) is 6.99. The molecule has 0 aliphatic heterocycles. The van der Waals surface area contributed by atoms with Crippen molar-refractivity contribution in [1.29, 1.82) is 0 Å². The van der Waals surface area contributed by atoms with Crippen molar-refractivity contribution in [2.75, 3.05) is 6.61 Å². The van der Waals surface area contributed by atoms with Crippen molar-refractivity contribution in [3.63, 3.8) is 0 Å². The van der Waals surface area contributed by atoms with E-state index in [9.17, 15) is 5.11 Å². The van der Waals surface area contributed by atoms with E-state index < -0.39 is 0 Å². The zero-order valence-electron chi connectivity index (χ0n) is 26.7. The van der Waals surface area contributed by atoms with E-state index in [2.05, 4.69) is 164 Å². The molecule has 9 rings (SSSR count). The van der Waals surface area contributed by atoms with Crippen LogP contribution in [0.4, 0.5) is 0 Å². The van der Waals surface area contributed by atoms with Crippen LogP contribution in [-0.2, 0) is 12.8 Å². The molecule has 0 unspecified atom stereocenters. The highest BCUT2D eigenvalue weighted by Gasteiger charge is 2.24. The Labute approximate surface area is 281 Å². The molecule has 1 heteroatoms. The van der Waals surface area contributed by atoms with Gasteiger partial charge in [0.05, 0.1) is 0 Å². The Bertz CT molecular complexity index is 2470. The molecular weight excluding hydrogens is 581 g/mol. The highest BCUT2D eigenvalue weighted by Crippen LogP contribution is 2.43. The van der Waals surface area contributed by atoms with Crippen LogP contribution in [-0.4, -0.2) is 11.7 Å². The predicted octanol–water partition coefficient (Wildman–Crippen LogP) is 11.8. The zero-order chi connectivity index (χ0) is 32.0. The summed E-state index contributed by atoms with van der Waals surface area (Å²) >= 11 is 0. The summed E-state index contributed by atoms with van der Waals surface area (Å²) in [5, 5.41) is 15.2. The maximum absolute atomic E-state index is 10.2. The average molecular weight is 615 g/mol. The van der Waals surface area contributed by atoms with E-state index in [0.29, 0.717) is 6.42 Å². The minimum absolute atomic E-state index is 0.129. The molecule has 1 aliphatic rings. The van der Waals surface area contributed by atoms with Crippen LogP contribution < -0.4 is 0 Å². The van der Waals surface area contributed by atoms with Gasteiger partial charge in [-0.1, -0.05) is 152 Å². The number of fused-ring (bicyclic) bond motifs is 5. The van der Waals surface area contributed by atoms with Crippen molar-refractivity contribution in [2.24, 2.45) is 0 Å². The Morgan fingerprint density at radius 3 is 1.38 bits per heavy atom. The van der Waals surface area contributed by atoms with Gasteiger partial charge in [0.25, 0.3) is 0 Å². The third-order valence-electron chi connectivity index (χ3n) is 10.1. The van der Waals surface area contributed by atoms with Gasteiger partial charge >= 0.3 is 0 Å². The summed E-state index contributed by atoms with van der Waals surface area (Å²) in [6.07, 6.45) is 1.52. The standard InChI is InChI=1S/C47H34O/c48-26-25-46-43(36-17-13-35(14-18-36)40-20-16-32-6-2-4-8-38(32)28-40)23-24-45-44-22-21-41(29-42(44)30-47(45)46)34-11-9-33(10-12-34)39-19-15-31-5-1-3-7-37(31)27-39/h1-24,27-29,48H,25-26,30H2. The summed E-state index contributed by atoms with van der Waals surface area (Å²) in [7, 11) is 0. The molecule has 8 aromatic rings. The quantitative estimate of drug-likeness (QED) is 0.198.